The van der Waals surface area contributed by atoms with Gasteiger partial charge in [0.25, 0.3) is 5.56 Å². The van der Waals surface area contributed by atoms with E-state index in [0.29, 0.717) is 16.4 Å². The van der Waals surface area contributed by atoms with E-state index in [-0.39, 0.29) is 17.0 Å². The van der Waals surface area contributed by atoms with Gasteiger partial charge in [0.1, 0.15) is 11.3 Å². The van der Waals surface area contributed by atoms with Gasteiger partial charge in [-0.05, 0) is 30.7 Å². The van der Waals surface area contributed by atoms with Crippen LogP contribution in [0.1, 0.15) is 16.1 Å². The molecule has 7 nitrogen and oxygen atoms in total. The predicted molar refractivity (Wildman–Crippen MR) is 99.2 cm³/mol. The van der Waals surface area contributed by atoms with Crippen molar-refractivity contribution in [3.8, 4) is 5.75 Å². The fourth-order valence-corrected chi connectivity index (χ4v) is 2.97. The number of rotatable bonds is 2. The minimum absolute atomic E-state index is 0.0264. The number of hydrogen-bond acceptors (Lipinski definition) is 6. The molecule has 0 saturated heterocycles. The van der Waals surface area contributed by atoms with Crippen LogP contribution in [0.4, 0.5) is 0 Å². The van der Waals surface area contributed by atoms with Gasteiger partial charge in [-0.2, -0.15) is 5.10 Å². The molecule has 134 valence electrons. The van der Waals surface area contributed by atoms with Gasteiger partial charge in [-0.1, -0.05) is 18.2 Å². The number of hydrogen-bond donors (Lipinski definition) is 0. The van der Waals surface area contributed by atoms with Gasteiger partial charge in [-0.3, -0.25) is 4.79 Å². The van der Waals surface area contributed by atoms with Crippen LogP contribution in [-0.4, -0.2) is 15.7 Å². The summed E-state index contributed by atoms with van der Waals surface area (Å²) in [6, 6.07) is 12.9. The van der Waals surface area contributed by atoms with Crippen LogP contribution in [0.5, 0.6) is 5.75 Å². The van der Waals surface area contributed by atoms with Crippen molar-refractivity contribution in [3.63, 3.8) is 0 Å². The third-order valence-electron chi connectivity index (χ3n) is 4.28. The Balaban J connectivity index is 1.78. The third kappa shape index (κ3) is 2.89. The van der Waals surface area contributed by atoms with Gasteiger partial charge in [0.2, 0.25) is 0 Å². The number of carbonyl (C=O) groups is 1. The molecule has 4 rings (SSSR count). The first-order chi connectivity index (χ1) is 12.9. The standard InChI is InChI=1S/C20H14N2O5/c1-11-9-17(23)27-16-10-12(7-8-13(11)16)26-20(25)18-14-5-3-4-6-15(14)19(24)22(2)21-18/h3-10H,1-2H3. The molecule has 2 aromatic heterocycles. The minimum Gasteiger partial charge on any atom is -0.423 e. The van der Waals surface area contributed by atoms with E-state index in [1.54, 1.807) is 43.3 Å². The molecular weight excluding hydrogens is 348 g/mol. The topological polar surface area (TPSA) is 91.4 Å². The lowest BCUT2D eigenvalue weighted by Crippen LogP contribution is -2.24. The van der Waals surface area contributed by atoms with Gasteiger partial charge in [0.15, 0.2) is 5.69 Å². The Morgan fingerprint density at radius 3 is 2.56 bits per heavy atom. The van der Waals surface area contributed by atoms with Gasteiger partial charge in [-0.15, -0.1) is 0 Å². The van der Waals surface area contributed by atoms with E-state index < -0.39 is 11.6 Å². The van der Waals surface area contributed by atoms with Crippen molar-refractivity contribution in [2.24, 2.45) is 7.05 Å². The Hall–Kier alpha value is -3.74. The van der Waals surface area contributed by atoms with Crippen LogP contribution in [0.3, 0.4) is 0 Å². The molecule has 0 spiro atoms. The molecule has 2 heterocycles. The number of aromatic nitrogens is 2. The highest BCUT2D eigenvalue weighted by atomic mass is 16.5. The summed E-state index contributed by atoms with van der Waals surface area (Å²) in [7, 11) is 1.47. The maximum absolute atomic E-state index is 12.7. The summed E-state index contributed by atoms with van der Waals surface area (Å²) in [6.07, 6.45) is 0. The average molecular weight is 362 g/mol. The molecule has 2 aromatic carbocycles. The number of esters is 1. The Kier molecular flexibility index (Phi) is 3.84. The zero-order valence-electron chi connectivity index (χ0n) is 14.6. The maximum atomic E-state index is 12.7. The van der Waals surface area contributed by atoms with Crippen molar-refractivity contribution in [2.75, 3.05) is 0 Å². The number of benzene rings is 2. The quantitative estimate of drug-likeness (QED) is 0.309. The summed E-state index contributed by atoms with van der Waals surface area (Å²) in [4.78, 5) is 36.4. The predicted octanol–water partition coefficient (Wildman–Crippen LogP) is 2.57. The average Bonchev–Trinajstić information content (AvgIpc) is 2.64. The molecule has 7 heteroatoms. The lowest BCUT2D eigenvalue weighted by Gasteiger charge is -2.09. The highest BCUT2D eigenvalue weighted by molar-refractivity contribution is 6.03. The van der Waals surface area contributed by atoms with Gasteiger partial charge in [0, 0.05) is 30.0 Å². The van der Waals surface area contributed by atoms with E-state index in [0.717, 1.165) is 15.6 Å². The molecule has 0 bridgehead atoms. The molecular formula is C20H14N2O5. The van der Waals surface area contributed by atoms with Gasteiger partial charge < -0.3 is 9.15 Å². The summed E-state index contributed by atoms with van der Waals surface area (Å²) < 4.78 is 11.7. The van der Waals surface area contributed by atoms with Gasteiger partial charge >= 0.3 is 11.6 Å². The minimum atomic E-state index is -0.712. The van der Waals surface area contributed by atoms with Crippen LogP contribution in [-0.2, 0) is 7.05 Å². The molecule has 4 aromatic rings. The molecule has 0 atom stereocenters. The van der Waals surface area contributed by atoms with Crippen LogP contribution in [0.2, 0.25) is 0 Å². The molecule has 0 aliphatic rings. The van der Waals surface area contributed by atoms with Crippen molar-refractivity contribution in [1.82, 2.24) is 9.78 Å². The van der Waals surface area contributed by atoms with Crippen LogP contribution in [0.25, 0.3) is 21.7 Å². The molecule has 0 amide bonds. The summed E-state index contributed by atoms with van der Waals surface area (Å²) in [5.41, 5.74) is 0.339. The SMILES string of the molecule is Cc1cc(=O)oc2cc(OC(=O)c3nn(C)c(=O)c4ccccc34)ccc12. The first-order valence-electron chi connectivity index (χ1n) is 8.17. The number of carbonyl (C=O) groups excluding carboxylic acids is 1. The molecule has 0 aliphatic carbocycles. The van der Waals surface area contributed by atoms with Crippen LogP contribution < -0.4 is 15.9 Å². The smallest absolute Gasteiger partial charge is 0.364 e. The largest absolute Gasteiger partial charge is 0.423 e. The molecule has 0 saturated carbocycles. The fourth-order valence-electron chi connectivity index (χ4n) is 2.97. The second kappa shape index (κ2) is 6.21. The van der Waals surface area contributed by atoms with Crippen molar-refractivity contribution < 1.29 is 13.9 Å². The van der Waals surface area contributed by atoms with Crippen molar-refractivity contribution in [1.29, 1.82) is 0 Å². The molecule has 0 unspecified atom stereocenters. The first kappa shape index (κ1) is 16.7. The van der Waals surface area contributed by atoms with Gasteiger partial charge in [-0.25, -0.2) is 14.3 Å². The zero-order valence-corrected chi connectivity index (χ0v) is 14.6. The Labute approximate surface area is 152 Å². The van der Waals surface area contributed by atoms with Crippen LogP contribution >= 0.6 is 0 Å². The van der Waals surface area contributed by atoms with Crippen molar-refractivity contribution in [2.45, 2.75) is 6.92 Å². The summed E-state index contributed by atoms with van der Waals surface area (Å²) in [5.74, 6) is -0.503. The van der Waals surface area contributed by atoms with Crippen LogP contribution in [0.15, 0.2) is 62.5 Å². The fraction of sp³-hybridized carbons (Fsp3) is 0.100. The number of fused-ring (bicyclic) bond motifs is 2. The number of aryl methyl sites for hydroxylation is 2. The lowest BCUT2D eigenvalue weighted by atomic mass is 10.1. The highest BCUT2D eigenvalue weighted by Gasteiger charge is 2.18. The molecule has 0 aliphatic heterocycles. The normalized spacial score (nSPS) is 11.0. The molecule has 0 radical (unpaired) electrons. The monoisotopic (exact) mass is 362 g/mol. The third-order valence-corrected chi connectivity index (χ3v) is 4.28. The van der Waals surface area contributed by atoms with E-state index in [1.165, 1.54) is 19.2 Å². The first-order valence-corrected chi connectivity index (χ1v) is 8.17. The van der Waals surface area contributed by atoms with Crippen molar-refractivity contribution in [3.05, 3.63) is 80.6 Å². The van der Waals surface area contributed by atoms with E-state index in [4.69, 9.17) is 9.15 Å². The molecule has 27 heavy (non-hydrogen) atoms. The summed E-state index contributed by atoms with van der Waals surface area (Å²) in [5, 5.41) is 5.58. The molecule has 0 N–H and O–H groups in total. The van der Waals surface area contributed by atoms with Gasteiger partial charge in [0.05, 0.1) is 5.39 Å². The molecule has 0 fully saturated rings. The number of nitrogens with zero attached hydrogens (tertiary/aromatic N) is 2. The van der Waals surface area contributed by atoms with E-state index in [9.17, 15) is 14.4 Å². The Bertz CT molecular complexity index is 1330. The highest BCUT2D eigenvalue weighted by Crippen LogP contribution is 2.23. The van der Waals surface area contributed by atoms with Crippen LogP contribution in [0, 0.1) is 6.92 Å². The Morgan fingerprint density at radius 2 is 1.78 bits per heavy atom. The van der Waals surface area contributed by atoms with E-state index in [1.807, 2.05) is 0 Å². The maximum Gasteiger partial charge on any atom is 0.364 e. The zero-order chi connectivity index (χ0) is 19.1. The summed E-state index contributed by atoms with van der Waals surface area (Å²) >= 11 is 0. The Morgan fingerprint density at radius 1 is 1.04 bits per heavy atom. The second-order valence-electron chi connectivity index (χ2n) is 6.12. The van der Waals surface area contributed by atoms with E-state index >= 15 is 0 Å². The summed E-state index contributed by atoms with van der Waals surface area (Å²) in [6.45, 7) is 1.80. The van der Waals surface area contributed by atoms with E-state index in [2.05, 4.69) is 5.10 Å². The van der Waals surface area contributed by atoms with Crippen molar-refractivity contribution >= 4 is 27.7 Å². The number of ether oxygens (including phenoxy) is 1. The lowest BCUT2D eigenvalue weighted by molar-refractivity contribution is 0.0728. The second-order valence-corrected chi connectivity index (χ2v) is 6.12.